The molecule has 0 N–H and O–H groups in total. The van der Waals surface area contributed by atoms with Crippen molar-refractivity contribution in [3.05, 3.63) is 0 Å². The third-order valence-electron chi connectivity index (χ3n) is 0.924. The van der Waals surface area contributed by atoms with Gasteiger partial charge in [-0.3, -0.25) is 4.79 Å². The number of alkyl halides is 4. The van der Waals surface area contributed by atoms with Crippen molar-refractivity contribution < 1.29 is 31.8 Å². The molecule has 0 aliphatic rings. The summed E-state index contributed by atoms with van der Waals surface area (Å²) in [6, 6.07) is 0. The van der Waals surface area contributed by atoms with Crippen LogP contribution in [0.3, 0.4) is 0 Å². The SMILES string of the molecule is CC(=O)C(F)(OF)C(F)(F)F. The molecule has 0 saturated heterocycles. The number of carbonyl (C=O) groups is 1. The van der Waals surface area contributed by atoms with Gasteiger partial charge in [-0.05, 0) is 4.53 Å². The molecule has 0 spiro atoms. The normalized spacial score (nSPS) is 17.6. The minimum Gasteiger partial charge on any atom is -0.293 e. The van der Waals surface area contributed by atoms with Gasteiger partial charge >= 0.3 is 12.0 Å². The molecule has 1 atom stereocenters. The third kappa shape index (κ3) is 1.65. The molecule has 66 valence electrons. The maximum atomic E-state index is 12.1. The van der Waals surface area contributed by atoms with Crippen LogP contribution in [0, 0.1) is 0 Å². The zero-order valence-electron chi connectivity index (χ0n) is 5.21. The first-order valence-electron chi connectivity index (χ1n) is 2.32. The molecule has 0 amide bonds. The van der Waals surface area contributed by atoms with E-state index < -0.39 is 17.8 Å². The Balaban J connectivity index is 4.75. The highest BCUT2D eigenvalue weighted by molar-refractivity contribution is 5.84. The summed E-state index contributed by atoms with van der Waals surface area (Å²) in [5.74, 6) is -6.92. The maximum absolute atomic E-state index is 12.1. The Kier molecular flexibility index (Phi) is 2.55. The lowest BCUT2D eigenvalue weighted by Crippen LogP contribution is -2.47. The number of halogens is 5. The van der Waals surface area contributed by atoms with Crippen LogP contribution in [0.4, 0.5) is 22.1 Å². The molecular weight excluding hydrogens is 175 g/mol. The van der Waals surface area contributed by atoms with E-state index in [1.54, 1.807) is 0 Å². The molecule has 1 unspecified atom stereocenters. The summed E-state index contributed by atoms with van der Waals surface area (Å²) in [5, 5.41) is 0. The minimum atomic E-state index is -5.69. The van der Waals surface area contributed by atoms with E-state index in [0.717, 1.165) is 0 Å². The van der Waals surface area contributed by atoms with Gasteiger partial charge in [-0.15, -0.1) is 4.94 Å². The van der Waals surface area contributed by atoms with Crippen LogP contribution in [-0.4, -0.2) is 17.8 Å². The molecule has 0 aromatic heterocycles. The van der Waals surface area contributed by atoms with Gasteiger partial charge in [-0.2, -0.15) is 17.6 Å². The Hall–Kier alpha value is -0.720. The standard InChI is InChI=1S/C4H3F5O2/c1-2(10)3(5,11-9)4(6,7)8/h1H3. The van der Waals surface area contributed by atoms with Crippen LogP contribution in [0.5, 0.6) is 0 Å². The topological polar surface area (TPSA) is 26.3 Å². The molecule has 7 heteroatoms. The molecule has 0 saturated carbocycles. The number of ketones is 1. The Morgan fingerprint density at radius 2 is 1.64 bits per heavy atom. The summed E-state index contributed by atoms with van der Waals surface area (Å²) in [6.07, 6.45) is -5.69. The highest BCUT2D eigenvalue weighted by Crippen LogP contribution is 2.35. The van der Waals surface area contributed by atoms with Gasteiger partial charge in [-0.25, -0.2) is 0 Å². The summed E-state index contributed by atoms with van der Waals surface area (Å²) >= 11 is 0. The highest BCUT2D eigenvalue weighted by Gasteiger charge is 2.63. The Bertz CT molecular complexity index is 164. The van der Waals surface area contributed by atoms with E-state index in [9.17, 15) is 26.9 Å². The lowest BCUT2D eigenvalue weighted by Gasteiger charge is -2.19. The first kappa shape index (κ1) is 10.3. The zero-order chi connectivity index (χ0) is 9.28. The highest BCUT2D eigenvalue weighted by atomic mass is 19.4. The number of hydrogen-bond donors (Lipinski definition) is 0. The molecule has 0 bridgehead atoms. The van der Waals surface area contributed by atoms with Crippen LogP contribution in [0.25, 0.3) is 0 Å². The van der Waals surface area contributed by atoms with Crippen LogP contribution < -0.4 is 0 Å². The second kappa shape index (κ2) is 2.72. The van der Waals surface area contributed by atoms with Crippen molar-refractivity contribution in [1.82, 2.24) is 0 Å². The molecule has 0 aromatic carbocycles. The molecule has 0 fully saturated rings. The van der Waals surface area contributed by atoms with Crippen LogP contribution in [0.1, 0.15) is 6.92 Å². The summed E-state index contributed by atoms with van der Waals surface area (Å²) in [6.45, 7) is 0.229. The van der Waals surface area contributed by atoms with Crippen LogP contribution in [-0.2, 0) is 9.74 Å². The second-order valence-corrected chi connectivity index (χ2v) is 1.73. The number of rotatable bonds is 2. The van der Waals surface area contributed by atoms with Gasteiger partial charge in [0.2, 0.25) is 5.78 Å². The lowest BCUT2D eigenvalue weighted by molar-refractivity contribution is -0.379. The van der Waals surface area contributed by atoms with Crippen molar-refractivity contribution >= 4 is 5.78 Å². The lowest BCUT2D eigenvalue weighted by atomic mass is 10.2. The van der Waals surface area contributed by atoms with E-state index >= 15 is 0 Å². The third-order valence-corrected chi connectivity index (χ3v) is 0.924. The van der Waals surface area contributed by atoms with Crippen molar-refractivity contribution in [2.24, 2.45) is 0 Å². The molecule has 0 aliphatic carbocycles. The van der Waals surface area contributed by atoms with Crippen molar-refractivity contribution in [3.8, 4) is 0 Å². The molecule has 0 aliphatic heterocycles. The van der Waals surface area contributed by atoms with Crippen molar-refractivity contribution in [2.75, 3.05) is 0 Å². The predicted molar refractivity (Wildman–Crippen MR) is 22.8 cm³/mol. The Morgan fingerprint density at radius 3 is 1.64 bits per heavy atom. The molecule has 0 heterocycles. The van der Waals surface area contributed by atoms with E-state index in [1.807, 2.05) is 4.94 Å². The van der Waals surface area contributed by atoms with E-state index in [4.69, 9.17) is 0 Å². The largest absolute Gasteiger partial charge is 0.459 e. The van der Waals surface area contributed by atoms with Gasteiger partial charge in [0, 0.05) is 6.92 Å². The van der Waals surface area contributed by atoms with Crippen LogP contribution >= 0.6 is 0 Å². The predicted octanol–water partition coefficient (Wildman–Crippen LogP) is 1.70. The fourth-order valence-electron chi connectivity index (χ4n) is 0.298. The molecule has 0 rings (SSSR count). The summed E-state index contributed by atoms with van der Waals surface area (Å²) in [7, 11) is 0. The maximum Gasteiger partial charge on any atom is 0.459 e. The molecule has 2 nitrogen and oxygen atoms in total. The number of hydrogen-bond acceptors (Lipinski definition) is 2. The van der Waals surface area contributed by atoms with Crippen molar-refractivity contribution in [1.29, 1.82) is 0 Å². The molecule has 0 aromatic rings. The van der Waals surface area contributed by atoms with Crippen LogP contribution in [0.2, 0.25) is 0 Å². The second-order valence-electron chi connectivity index (χ2n) is 1.73. The monoisotopic (exact) mass is 178 g/mol. The fraction of sp³-hybridized carbons (Fsp3) is 0.750. The zero-order valence-corrected chi connectivity index (χ0v) is 5.21. The van der Waals surface area contributed by atoms with Gasteiger partial charge in [-0.1, -0.05) is 0 Å². The Labute approximate surface area is 57.8 Å². The number of carbonyl (C=O) groups excluding carboxylic acids is 1. The summed E-state index contributed by atoms with van der Waals surface area (Å²) in [4.78, 5) is 11.8. The number of Topliss-reactive ketones (excluding diaryl/α,β-unsaturated/α-hetero) is 1. The Morgan fingerprint density at radius 1 is 1.27 bits per heavy atom. The summed E-state index contributed by atoms with van der Waals surface area (Å²) < 4.78 is 57.2. The van der Waals surface area contributed by atoms with Gasteiger partial charge in [0.25, 0.3) is 0 Å². The van der Waals surface area contributed by atoms with Crippen molar-refractivity contribution in [3.63, 3.8) is 0 Å². The fourth-order valence-corrected chi connectivity index (χ4v) is 0.298. The van der Waals surface area contributed by atoms with Gasteiger partial charge < -0.3 is 0 Å². The molecular formula is C4H3F5O2. The van der Waals surface area contributed by atoms with E-state index in [2.05, 4.69) is 0 Å². The average Bonchev–Trinajstić information content (AvgIpc) is 1.83. The first-order chi connectivity index (χ1) is 4.75. The minimum absolute atomic E-state index is 0.229. The molecule has 0 radical (unpaired) electrons. The summed E-state index contributed by atoms with van der Waals surface area (Å²) in [5.41, 5.74) is 0. The van der Waals surface area contributed by atoms with E-state index in [0.29, 0.717) is 0 Å². The van der Waals surface area contributed by atoms with E-state index in [1.165, 1.54) is 0 Å². The van der Waals surface area contributed by atoms with Gasteiger partial charge in [0.1, 0.15) is 0 Å². The van der Waals surface area contributed by atoms with Crippen LogP contribution in [0.15, 0.2) is 0 Å². The van der Waals surface area contributed by atoms with E-state index in [-0.39, 0.29) is 6.92 Å². The smallest absolute Gasteiger partial charge is 0.293 e. The van der Waals surface area contributed by atoms with Gasteiger partial charge in [0.05, 0.1) is 0 Å². The first-order valence-corrected chi connectivity index (χ1v) is 2.32. The quantitative estimate of drug-likeness (QED) is 0.601. The van der Waals surface area contributed by atoms with Crippen molar-refractivity contribution in [2.45, 2.75) is 19.0 Å². The van der Waals surface area contributed by atoms with Gasteiger partial charge in [0.15, 0.2) is 0 Å². The average molecular weight is 178 g/mol. The molecule has 11 heavy (non-hydrogen) atoms.